The average Bonchev–Trinajstić information content (AvgIpc) is 2.50. The van der Waals surface area contributed by atoms with Gasteiger partial charge in [0.1, 0.15) is 25.4 Å². The van der Waals surface area contributed by atoms with Crippen LogP contribution in [-0.2, 0) is 9.53 Å². The summed E-state index contributed by atoms with van der Waals surface area (Å²) < 4.78 is 10.6. The average molecular weight is 269 g/mol. The minimum absolute atomic E-state index is 0.0726. The van der Waals surface area contributed by atoms with E-state index in [1.54, 1.807) is 32.0 Å². The zero-order valence-corrected chi connectivity index (χ0v) is 11.9. The van der Waals surface area contributed by atoms with Crippen molar-refractivity contribution >= 4 is 19.4 Å². The first kappa shape index (κ1) is 15.8. The largest absolute Gasteiger partial charge is 0.495 e. The van der Waals surface area contributed by atoms with E-state index in [0.717, 1.165) is 0 Å². The molecule has 0 saturated carbocycles. The van der Waals surface area contributed by atoms with E-state index >= 15 is 0 Å². The predicted octanol–water partition coefficient (Wildman–Crippen LogP) is 2.42. The second-order valence-electron chi connectivity index (χ2n) is 3.98. The third kappa shape index (κ3) is 3.42. The Kier molecular flexibility index (Phi) is 5.86. The lowest BCUT2D eigenvalue weighted by Gasteiger charge is -2.14. The zero-order valence-electron chi connectivity index (χ0n) is 11.9. The lowest BCUT2D eigenvalue weighted by atomic mass is 9.86. The fourth-order valence-electron chi connectivity index (χ4n) is 1.71. The van der Waals surface area contributed by atoms with Gasteiger partial charge in [0, 0.05) is 12.0 Å². The molecular formula is C15H16BNO3. The fourth-order valence-corrected chi connectivity index (χ4v) is 1.71. The van der Waals surface area contributed by atoms with Crippen LogP contribution >= 0.6 is 0 Å². The highest BCUT2D eigenvalue weighted by Crippen LogP contribution is 2.26. The summed E-state index contributed by atoms with van der Waals surface area (Å²) in [4.78, 5) is 11.7. The number of benzene rings is 1. The van der Waals surface area contributed by atoms with Gasteiger partial charge >= 0.3 is 0 Å². The van der Waals surface area contributed by atoms with E-state index in [0.29, 0.717) is 35.7 Å². The molecule has 1 rings (SSSR count). The third-order valence-corrected chi connectivity index (χ3v) is 2.74. The van der Waals surface area contributed by atoms with E-state index < -0.39 is 0 Å². The van der Waals surface area contributed by atoms with Crippen molar-refractivity contribution in [3.63, 3.8) is 0 Å². The van der Waals surface area contributed by atoms with Gasteiger partial charge in [-0.05, 0) is 30.6 Å². The number of nitriles is 1. The smallest absolute Gasteiger partial charge is 0.152 e. The van der Waals surface area contributed by atoms with Crippen molar-refractivity contribution in [1.82, 2.24) is 0 Å². The molecule has 0 aliphatic rings. The maximum absolute atomic E-state index is 11.7. The van der Waals surface area contributed by atoms with Crippen molar-refractivity contribution < 1.29 is 14.3 Å². The molecule has 0 aromatic heterocycles. The molecule has 2 radical (unpaired) electrons. The Hall–Kier alpha value is -2.22. The van der Waals surface area contributed by atoms with Gasteiger partial charge in [0.2, 0.25) is 0 Å². The number of ketones is 1. The molecule has 5 heteroatoms. The Balaban J connectivity index is 3.37. The van der Waals surface area contributed by atoms with E-state index in [1.807, 2.05) is 6.07 Å². The molecule has 1 aromatic rings. The molecule has 1 aromatic carbocycles. The Morgan fingerprint density at radius 3 is 2.60 bits per heavy atom. The van der Waals surface area contributed by atoms with Crippen LogP contribution in [-0.4, -0.2) is 27.3 Å². The predicted molar refractivity (Wildman–Crippen MR) is 77.3 cm³/mol. The molecule has 0 heterocycles. The molecular weight excluding hydrogens is 253 g/mol. The molecule has 0 bridgehead atoms. The summed E-state index contributed by atoms with van der Waals surface area (Å²) in [6.07, 6.45) is 0.295. The summed E-state index contributed by atoms with van der Waals surface area (Å²) >= 11 is 0. The van der Waals surface area contributed by atoms with Gasteiger partial charge in [-0.1, -0.05) is 6.92 Å². The lowest BCUT2D eigenvalue weighted by molar-refractivity contribution is -0.114. The van der Waals surface area contributed by atoms with Crippen molar-refractivity contribution in [2.45, 2.75) is 20.3 Å². The molecule has 4 nitrogen and oxygen atoms in total. The molecule has 102 valence electrons. The lowest BCUT2D eigenvalue weighted by Crippen LogP contribution is -2.07. The Labute approximate surface area is 120 Å². The van der Waals surface area contributed by atoms with Crippen molar-refractivity contribution in [2.24, 2.45) is 0 Å². The molecule has 0 atom stereocenters. The first-order chi connectivity index (χ1) is 9.58. The highest BCUT2D eigenvalue weighted by atomic mass is 16.5. The van der Waals surface area contributed by atoms with Crippen molar-refractivity contribution in [1.29, 1.82) is 5.26 Å². The number of methoxy groups -OCH3 is 1. The van der Waals surface area contributed by atoms with Gasteiger partial charge in [-0.2, -0.15) is 5.26 Å². The van der Waals surface area contributed by atoms with E-state index in [2.05, 4.69) is 0 Å². The highest BCUT2D eigenvalue weighted by Gasteiger charge is 2.14. The normalized spacial score (nSPS) is 11.3. The maximum atomic E-state index is 11.7. The Morgan fingerprint density at radius 1 is 1.40 bits per heavy atom. The molecule has 0 aliphatic heterocycles. The van der Waals surface area contributed by atoms with Crippen LogP contribution in [0.25, 0.3) is 5.76 Å². The quantitative estimate of drug-likeness (QED) is 0.452. The third-order valence-electron chi connectivity index (χ3n) is 2.74. The molecule has 0 unspecified atom stereocenters. The van der Waals surface area contributed by atoms with Crippen LogP contribution in [0, 0.1) is 11.3 Å². The van der Waals surface area contributed by atoms with Gasteiger partial charge in [-0.3, -0.25) is 4.79 Å². The number of hydrogen-bond donors (Lipinski definition) is 0. The van der Waals surface area contributed by atoms with Crippen LogP contribution in [0.3, 0.4) is 0 Å². The summed E-state index contributed by atoms with van der Waals surface area (Å²) in [5.41, 5.74) is 1.02. The van der Waals surface area contributed by atoms with Crippen molar-refractivity contribution in [2.75, 3.05) is 13.7 Å². The number of carbonyl (C=O) groups excluding carboxylic acids is 1. The number of allylic oxidation sites excluding steroid dienone is 1. The molecule has 0 saturated heterocycles. The van der Waals surface area contributed by atoms with Gasteiger partial charge in [0.15, 0.2) is 5.78 Å². The Morgan fingerprint density at radius 2 is 2.10 bits per heavy atom. The summed E-state index contributed by atoms with van der Waals surface area (Å²) in [7, 11) is 7.33. The van der Waals surface area contributed by atoms with Crippen LogP contribution in [0.15, 0.2) is 23.7 Å². The Bertz CT molecular complexity index is 573. The zero-order chi connectivity index (χ0) is 15.1. The first-order valence-electron chi connectivity index (χ1n) is 6.33. The maximum Gasteiger partial charge on any atom is 0.152 e. The van der Waals surface area contributed by atoms with Crippen LogP contribution in [0.5, 0.6) is 5.75 Å². The fraction of sp³-hybridized carbons (Fsp3) is 0.333. The van der Waals surface area contributed by atoms with Crippen LogP contribution in [0.1, 0.15) is 31.4 Å². The number of nitrogens with zero attached hydrogens (tertiary/aromatic N) is 1. The van der Waals surface area contributed by atoms with Crippen LogP contribution in [0.2, 0.25) is 0 Å². The van der Waals surface area contributed by atoms with Gasteiger partial charge in [0.25, 0.3) is 0 Å². The first-order valence-corrected chi connectivity index (χ1v) is 6.33. The molecule has 0 N–H and O–H groups in total. The highest BCUT2D eigenvalue weighted by molar-refractivity contribution is 6.39. The standard InChI is InChI=1S/C15H16BNO3/c1-4-12(18)14(16)15(20-5-2)10-6-7-13(19-3)11(8-10)9-17/h6-8H,4-5H2,1-3H3/b15-14+. The molecule has 20 heavy (non-hydrogen) atoms. The topological polar surface area (TPSA) is 59.3 Å². The molecule has 0 amide bonds. The number of Topliss-reactive ketones (excluding diaryl/α,β-unsaturated/α-hetero) is 1. The molecule has 0 spiro atoms. The van der Waals surface area contributed by atoms with Crippen LogP contribution < -0.4 is 4.74 Å². The minimum atomic E-state index is -0.192. The second kappa shape index (κ2) is 7.39. The number of ether oxygens (including phenoxy) is 2. The van der Waals surface area contributed by atoms with E-state index in [-0.39, 0.29) is 11.3 Å². The van der Waals surface area contributed by atoms with Crippen molar-refractivity contribution in [3.05, 3.63) is 34.8 Å². The van der Waals surface area contributed by atoms with E-state index in [1.165, 1.54) is 7.11 Å². The van der Waals surface area contributed by atoms with Gasteiger partial charge in [-0.25, -0.2) is 0 Å². The molecule has 0 aliphatic carbocycles. The van der Waals surface area contributed by atoms with Crippen LogP contribution in [0.4, 0.5) is 0 Å². The number of hydrogen-bond acceptors (Lipinski definition) is 4. The second-order valence-corrected chi connectivity index (χ2v) is 3.98. The number of carbonyl (C=O) groups is 1. The van der Waals surface area contributed by atoms with Gasteiger partial charge in [-0.15, -0.1) is 0 Å². The van der Waals surface area contributed by atoms with E-state index in [9.17, 15) is 4.79 Å². The van der Waals surface area contributed by atoms with Gasteiger partial charge < -0.3 is 9.47 Å². The van der Waals surface area contributed by atoms with Gasteiger partial charge in [0.05, 0.1) is 19.3 Å². The number of rotatable bonds is 6. The minimum Gasteiger partial charge on any atom is -0.495 e. The van der Waals surface area contributed by atoms with Crippen molar-refractivity contribution in [3.8, 4) is 11.8 Å². The monoisotopic (exact) mass is 269 g/mol. The summed E-state index contributed by atoms with van der Waals surface area (Å²) in [5, 5.41) is 9.09. The molecule has 0 fully saturated rings. The summed E-state index contributed by atoms with van der Waals surface area (Å²) in [6.45, 7) is 3.91. The summed E-state index contributed by atoms with van der Waals surface area (Å²) in [5.74, 6) is 0.578. The summed E-state index contributed by atoms with van der Waals surface area (Å²) in [6, 6.07) is 6.99. The SMILES string of the molecule is [B]/C(C(=O)CC)=C(/OCC)c1ccc(OC)c(C#N)c1. The van der Waals surface area contributed by atoms with E-state index in [4.69, 9.17) is 22.6 Å².